The van der Waals surface area contributed by atoms with Crippen LogP contribution in [0.1, 0.15) is 38.7 Å². The largest absolute Gasteiger partial charge is 0.493 e. The standard InChI is InChI=1S/C17H23NO4/c1-5-21-17(19)9-14(10-18)13-6-7-15(20-4)16(8-13)22-11-12(2)3/h6-8,12,14H,5,9,11H2,1-4H3. The van der Waals surface area contributed by atoms with E-state index in [1.807, 2.05) is 0 Å². The molecule has 0 heterocycles. The maximum Gasteiger partial charge on any atom is 0.307 e. The molecular weight excluding hydrogens is 282 g/mol. The summed E-state index contributed by atoms with van der Waals surface area (Å²) in [6, 6.07) is 7.42. The van der Waals surface area contributed by atoms with Crippen LogP contribution in [-0.4, -0.2) is 26.3 Å². The number of benzene rings is 1. The van der Waals surface area contributed by atoms with Crippen molar-refractivity contribution in [2.45, 2.75) is 33.1 Å². The molecule has 1 atom stereocenters. The van der Waals surface area contributed by atoms with Gasteiger partial charge in [-0.05, 0) is 30.5 Å². The number of ether oxygens (including phenoxy) is 3. The Balaban J connectivity index is 2.95. The summed E-state index contributed by atoms with van der Waals surface area (Å²) in [5, 5.41) is 9.30. The lowest BCUT2D eigenvalue weighted by Gasteiger charge is -2.15. The smallest absolute Gasteiger partial charge is 0.307 e. The third kappa shape index (κ3) is 5.28. The average molecular weight is 305 g/mol. The highest BCUT2D eigenvalue weighted by molar-refractivity contribution is 5.71. The zero-order valence-electron chi connectivity index (χ0n) is 13.6. The van der Waals surface area contributed by atoms with Gasteiger partial charge in [0.05, 0.1) is 38.7 Å². The van der Waals surface area contributed by atoms with Gasteiger partial charge in [-0.1, -0.05) is 19.9 Å². The van der Waals surface area contributed by atoms with Gasteiger partial charge in [0.25, 0.3) is 0 Å². The summed E-state index contributed by atoms with van der Waals surface area (Å²) < 4.78 is 15.9. The molecule has 0 spiro atoms. The molecule has 0 bridgehead atoms. The van der Waals surface area contributed by atoms with Crippen LogP contribution in [0.5, 0.6) is 11.5 Å². The van der Waals surface area contributed by atoms with Crippen LogP contribution in [0.2, 0.25) is 0 Å². The molecule has 0 N–H and O–H groups in total. The number of carbonyl (C=O) groups excluding carboxylic acids is 1. The minimum atomic E-state index is -0.564. The minimum Gasteiger partial charge on any atom is -0.493 e. The van der Waals surface area contributed by atoms with E-state index in [1.54, 1.807) is 32.2 Å². The first-order valence-electron chi connectivity index (χ1n) is 7.37. The first-order chi connectivity index (χ1) is 10.5. The second-order valence-electron chi connectivity index (χ2n) is 5.31. The monoisotopic (exact) mass is 305 g/mol. The second kappa shape index (κ2) is 8.93. The van der Waals surface area contributed by atoms with Crippen LogP contribution >= 0.6 is 0 Å². The van der Waals surface area contributed by atoms with Gasteiger partial charge in [0, 0.05) is 0 Å². The van der Waals surface area contributed by atoms with Crippen LogP contribution in [0.15, 0.2) is 18.2 Å². The molecular formula is C17H23NO4. The topological polar surface area (TPSA) is 68.6 Å². The van der Waals surface area contributed by atoms with Crippen molar-refractivity contribution in [1.29, 1.82) is 5.26 Å². The highest BCUT2D eigenvalue weighted by Gasteiger charge is 2.18. The third-order valence-electron chi connectivity index (χ3n) is 2.99. The van der Waals surface area contributed by atoms with Crippen LogP contribution in [0.4, 0.5) is 0 Å². The molecule has 0 aliphatic heterocycles. The van der Waals surface area contributed by atoms with Crippen molar-refractivity contribution >= 4 is 5.97 Å². The Morgan fingerprint density at radius 3 is 2.59 bits per heavy atom. The van der Waals surface area contributed by atoms with Crippen molar-refractivity contribution < 1.29 is 19.0 Å². The average Bonchev–Trinajstić information content (AvgIpc) is 2.50. The highest BCUT2D eigenvalue weighted by Crippen LogP contribution is 2.32. The van der Waals surface area contributed by atoms with Gasteiger partial charge in [-0.2, -0.15) is 5.26 Å². The zero-order chi connectivity index (χ0) is 16.5. The minimum absolute atomic E-state index is 0.0281. The Labute approximate surface area is 131 Å². The lowest BCUT2D eigenvalue weighted by atomic mass is 9.97. The van der Waals surface area contributed by atoms with Crippen molar-refractivity contribution in [3.63, 3.8) is 0 Å². The molecule has 0 aromatic heterocycles. The van der Waals surface area contributed by atoms with Gasteiger partial charge < -0.3 is 14.2 Å². The lowest BCUT2D eigenvalue weighted by molar-refractivity contribution is -0.143. The Bertz CT molecular complexity index is 534. The number of hydrogen-bond acceptors (Lipinski definition) is 5. The Morgan fingerprint density at radius 2 is 2.05 bits per heavy atom. The second-order valence-corrected chi connectivity index (χ2v) is 5.31. The number of carbonyl (C=O) groups is 1. The number of nitriles is 1. The number of nitrogens with zero attached hydrogens (tertiary/aromatic N) is 1. The van der Waals surface area contributed by atoms with Crippen LogP contribution in [-0.2, 0) is 9.53 Å². The molecule has 5 nitrogen and oxygen atoms in total. The lowest BCUT2D eigenvalue weighted by Crippen LogP contribution is -2.10. The number of esters is 1. The van der Waals surface area contributed by atoms with Gasteiger partial charge in [0.1, 0.15) is 0 Å². The molecule has 0 saturated heterocycles. The predicted octanol–water partition coefficient (Wildman–Crippen LogP) is 3.29. The van der Waals surface area contributed by atoms with Crippen LogP contribution in [0.3, 0.4) is 0 Å². The van der Waals surface area contributed by atoms with Gasteiger partial charge in [0.2, 0.25) is 0 Å². The number of rotatable bonds is 8. The number of hydrogen-bond donors (Lipinski definition) is 0. The molecule has 1 aromatic carbocycles. The summed E-state index contributed by atoms with van der Waals surface area (Å²) >= 11 is 0. The van der Waals surface area contributed by atoms with E-state index in [2.05, 4.69) is 19.9 Å². The van der Waals surface area contributed by atoms with Crippen molar-refractivity contribution in [2.75, 3.05) is 20.3 Å². The van der Waals surface area contributed by atoms with Crippen LogP contribution in [0.25, 0.3) is 0 Å². The van der Waals surface area contributed by atoms with Gasteiger partial charge in [0.15, 0.2) is 11.5 Å². The molecule has 0 aliphatic rings. The fourth-order valence-corrected chi connectivity index (χ4v) is 1.90. The van der Waals surface area contributed by atoms with E-state index in [-0.39, 0.29) is 12.4 Å². The third-order valence-corrected chi connectivity index (χ3v) is 2.99. The van der Waals surface area contributed by atoms with E-state index in [1.165, 1.54) is 0 Å². The SMILES string of the molecule is CCOC(=O)CC(C#N)c1ccc(OC)c(OCC(C)C)c1. The van der Waals surface area contributed by atoms with E-state index in [0.717, 1.165) is 5.56 Å². The van der Waals surface area contributed by atoms with Gasteiger partial charge >= 0.3 is 5.97 Å². The maximum absolute atomic E-state index is 11.6. The first kappa shape index (κ1) is 17.8. The molecule has 1 rings (SSSR count). The normalized spacial score (nSPS) is 11.6. The summed E-state index contributed by atoms with van der Waals surface area (Å²) in [7, 11) is 1.57. The highest BCUT2D eigenvalue weighted by atomic mass is 16.5. The summed E-state index contributed by atoms with van der Waals surface area (Å²) in [6.07, 6.45) is 0.0281. The Hall–Kier alpha value is -2.22. The van der Waals surface area contributed by atoms with Crippen molar-refractivity contribution in [1.82, 2.24) is 0 Å². The van der Waals surface area contributed by atoms with E-state index in [9.17, 15) is 10.1 Å². The Kier molecular flexibility index (Phi) is 7.24. The van der Waals surface area contributed by atoms with Crippen molar-refractivity contribution in [3.05, 3.63) is 23.8 Å². The van der Waals surface area contributed by atoms with Gasteiger partial charge in [-0.3, -0.25) is 4.79 Å². The first-order valence-corrected chi connectivity index (χ1v) is 7.37. The van der Waals surface area contributed by atoms with Gasteiger partial charge in [-0.25, -0.2) is 0 Å². The Morgan fingerprint density at radius 1 is 1.32 bits per heavy atom. The summed E-state index contributed by atoms with van der Waals surface area (Å²) in [5.41, 5.74) is 0.718. The molecule has 0 aliphatic carbocycles. The zero-order valence-corrected chi connectivity index (χ0v) is 13.6. The molecule has 0 saturated carbocycles. The molecule has 1 unspecified atom stereocenters. The molecule has 120 valence electrons. The molecule has 0 radical (unpaired) electrons. The summed E-state index contributed by atoms with van der Waals surface area (Å²) in [4.78, 5) is 11.6. The summed E-state index contributed by atoms with van der Waals surface area (Å²) in [6.45, 7) is 6.70. The number of methoxy groups -OCH3 is 1. The van der Waals surface area contributed by atoms with Crippen LogP contribution < -0.4 is 9.47 Å². The van der Waals surface area contributed by atoms with E-state index in [0.29, 0.717) is 30.6 Å². The fourth-order valence-electron chi connectivity index (χ4n) is 1.90. The van der Waals surface area contributed by atoms with Crippen LogP contribution in [0, 0.1) is 17.2 Å². The molecule has 1 aromatic rings. The fraction of sp³-hybridized carbons (Fsp3) is 0.529. The van der Waals surface area contributed by atoms with E-state index >= 15 is 0 Å². The van der Waals surface area contributed by atoms with E-state index in [4.69, 9.17) is 14.2 Å². The quantitative estimate of drug-likeness (QED) is 0.689. The van der Waals surface area contributed by atoms with Crippen molar-refractivity contribution in [3.8, 4) is 17.6 Å². The predicted molar refractivity (Wildman–Crippen MR) is 82.9 cm³/mol. The van der Waals surface area contributed by atoms with Crippen molar-refractivity contribution in [2.24, 2.45) is 5.92 Å². The maximum atomic E-state index is 11.6. The molecule has 22 heavy (non-hydrogen) atoms. The van der Waals surface area contributed by atoms with E-state index < -0.39 is 5.92 Å². The summed E-state index contributed by atoms with van der Waals surface area (Å²) in [5.74, 6) is 0.621. The molecule has 0 fully saturated rings. The van der Waals surface area contributed by atoms with Gasteiger partial charge in [-0.15, -0.1) is 0 Å². The molecule has 0 amide bonds. The molecule has 5 heteroatoms.